The normalized spacial score (nSPS) is 11.5. The second-order valence-electron chi connectivity index (χ2n) is 4.81. The first-order chi connectivity index (χ1) is 12.2. The van der Waals surface area contributed by atoms with Crippen LogP contribution in [0, 0.1) is 0 Å². The van der Waals surface area contributed by atoms with Crippen molar-refractivity contribution in [1.82, 2.24) is 15.6 Å². The second-order valence-corrected chi connectivity index (χ2v) is 4.81. The molecule has 0 saturated heterocycles. The largest absolute Gasteiger partial charge is 0.452 e. The van der Waals surface area contributed by atoms with Crippen LogP contribution >= 0.6 is 0 Å². The van der Waals surface area contributed by atoms with Crippen molar-refractivity contribution in [3.8, 4) is 0 Å². The van der Waals surface area contributed by atoms with Gasteiger partial charge >= 0.3 is 18.2 Å². The molecule has 0 aliphatic rings. The SMILES string of the molecule is O=C(COC(=O)/C=C/c1nc2ccccc2o1)NC(=O)NCC(F)(F)F. The zero-order valence-corrected chi connectivity index (χ0v) is 13.0. The number of para-hydroxylation sites is 2. The van der Waals surface area contributed by atoms with E-state index in [9.17, 15) is 27.6 Å². The summed E-state index contributed by atoms with van der Waals surface area (Å²) in [4.78, 5) is 37.9. The number of hydrogen-bond donors (Lipinski definition) is 2. The molecule has 1 aromatic heterocycles. The molecular formula is C15H12F3N3O5. The van der Waals surface area contributed by atoms with E-state index in [1.807, 2.05) is 0 Å². The number of carbonyl (C=O) groups is 3. The van der Waals surface area contributed by atoms with Crippen LogP contribution in [0.1, 0.15) is 5.89 Å². The monoisotopic (exact) mass is 371 g/mol. The number of imide groups is 1. The Kier molecular flexibility index (Phi) is 5.94. The number of alkyl halides is 3. The molecule has 0 spiro atoms. The number of aromatic nitrogens is 1. The van der Waals surface area contributed by atoms with Gasteiger partial charge in [-0.3, -0.25) is 10.1 Å². The third kappa shape index (κ3) is 6.26. The molecule has 11 heteroatoms. The van der Waals surface area contributed by atoms with Crippen LogP contribution < -0.4 is 10.6 Å². The van der Waals surface area contributed by atoms with E-state index in [0.29, 0.717) is 11.1 Å². The van der Waals surface area contributed by atoms with Gasteiger partial charge in [-0.25, -0.2) is 14.6 Å². The molecule has 0 aliphatic carbocycles. The number of halogens is 3. The van der Waals surface area contributed by atoms with E-state index < -0.39 is 37.2 Å². The average Bonchev–Trinajstić information content (AvgIpc) is 2.98. The van der Waals surface area contributed by atoms with Crippen LogP contribution in [-0.4, -0.2) is 42.2 Å². The predicted molar refractivity (Wildman–Crippen MR) is 81.6 cm³/mol. The molecule has 0 aliphatic heterocycles. The van der Waals surface area contributed by atoms with E-state index in [1.165, 1.54) is 11.4 Å². The van der Waals surface area contributed by atoms with Crippen molar-refractivity contribution >= 4 is 35.1 Å². The lowest BCUT2D eigenvalue weighted by Gasteiger charge is -2.08. The van der Waals surface area contributed by atoms with Crippen LogP contribution in [0.2, 0.25) is 0 Å². The number of nitrogens with one attached hydrogen (secondary N) is 2. The molecule has 8 nitrogen and oxygen atoms in total. The minimum Gasteiger partial charge on any atom is -0.452 e. The summed E-state index contributed by atoms with van der Waals surface area (Å²) in [7, 11) is 0. The van der Waals surface area contributed by atoms with Crippen LogP contribution in [0.3, 0.4) is 0 Å². The molecule has 138 valence electrons. The van der Waals surface area contributed by atoms with E-state index in [0.717, 1.165) is 6.08 Å². The summed E-state index contributed by atoms with van der Waals surface area (Å²) in [5, 5.41) is 3.01. The molecule has 1 aromatic carbocycles. The number of rotatable bonds is 5. The Balaban J connectivity index is 1.75. The Bertz CT molecular complexity index is 811. The van der Waals surface area contributed by atoms with Gasteiger partial charge in [-0.05, 0) is 12.1 Å². The van der Waals surface area contributed by atoms with E-state index in [2.05, 4.69) is 9.72 Å². The van der Waals surface area contributed by atoms with Crippen molar-refractivity contribution in [1.29, 1.82) is 0 Å². The number of hydrogen-bond acceptors (Lipinski definition) is 6. The number of ether oxygens (including phenoxy) is 1. The number of nitrogens with zero attached hydrogens (tertiary/aromatic N) is 1. The number of amides is 3. The zero-order chi connectivity index (χ0) is 19.2. The standard InChI is InChI=1S/C15H12F3N3O5/c16-15(17,18)8-19-14(24)21-11(22)7-25-13(23)6-5-12-20-9-3-1-2-4-10(9)26-12/h1-6H,7-8H2,(H2,19,21,22,24)/b6-5+. The highest BCUT2D eigenvalue weighted by atomic mass is 19.4. The highest BCUT2D eigenvalue weighted by Gasteiger charge is 2.28. The Morgan fingerprint density at radius 3 is 2.65 bits per heavy atom. The summed E-state index contributed by atoms with van der Waals surface area (Å²) in [5.41, 5.74) is 1.11. The fourth-order valence-corrected chi connectivity index (χ4v) is 1.67. The minimum absolute atomic E-state index is 0.138. The van der Waals surface area contributed by atoms with Gasteiger partial charge in [0.2, 0.25) is 5.89 Å². The molecule has 0 atom stereocenters. The van der Waals surface area contributed by atoms with Gasteiger partial charge in [0.25, 0.3) is 5.91 Å². The Hall–Kier alpha value is -3.37. The molecule has 0 fully saturated rings. The zero-order valence-electron chi connectivity index (χ0n) is 13.0. The number of benzene rings is 1. The summed E-state index contributed by atoms with van der Waals surface area (Å²) in [6.07, 6.45) is -2.44. The molecule has 0 radical (unpaired) electrons. The van der Waals surface area contributed by atoms with Crippen molar-refractivity contribution in [2.75, 3.05) is 13.2 Å². The van der Waals surface area contributed by atoms with Crippen LogP contribution in [0.5, 0.6) is 0 Å². The van der Waals surface area contributed by atoms with Crippen LogP contribution in [0.15, 0.2) is 34.8 Å². The summed E-state index contributed by atoms with van der Waals surface area (Å²) in [6, 6.07) is 5.55. The lowest BCUT2D eigenvalue weighted by atomic mass is 10.3. The molecule has 2 aromatic rings. The Labute approximate surface area is 144 Å². The van der Waals surface area contributed by atoms with Crippen molar-refractivity contribution in [3.05, 3.63) is 36.2 Å². The third-order valence-electron chi connectivity index (χ3n) is 2.72. The third-order valence-corrected chi connectivity index (χ3v) is 2.72. The summed E-state index contributed by atoms with van der Waals surface area (Å²) >= 11 is 0. The van der Waals surface area contributed by atoms with Crippen LogP contribution in [0.25, 0.3) is 17.2 Å². The highest BCUT2D eigenvalue weighted by molar-refractivity contribution is 5.96. The second kappa shape index (κ2) is 8.14. The maximum atomic E-state index is 11.9. The number of esters is 1. The fraction of sp³-hybridized carbons (Fsp3) is 0.200. The minimum atomic E-state index is -4.61. The quantitative estimate of drug-likeness (QED) is 0.612. The predicted octanol–water partition coefficient (Wildman–Crippen LogP) is 1.77. The molecule has 26 heavy (non-hydrogen) atoms. The highest BCUT2D eigenvalue weighted by Crippen LogP contribution is 2.15. The fourth-order valence-electron chi connectivity index (χ4n) is 1.67. The van der Waals surface area contributed by atoms with E-state index in [-0.39, 0.29) is 5.89 Å². The molecule has 2 N–H and O–H groups in total. The Morgan fingerprint density at radius 1 is 1.23 bits per heavy atom. The van der Waals surface area contributed by atoms with E-state index in [1.54, 1.807) is 29.6 Å². The van der Waals surface area contributed by atoms with Crippen molar-refractivity contribution in [2.24, 2.45) is 0 Å². The Morgan fingerprint density at radius 2 is 1.96 bits per heavy atom. The van der Waals surface area contributed by atoms with Crippen LogP contribution in [0.4, 0.5) is 18.0 Å². The first kappa shape index (κ1) is 19.0. The smallest absolute Gasteiger partial charge is 0.405 e. The average molecular weight is 371 g/mol. The van der Waals surface area contributed by atoms with Gasteiger partial charge in [-0.1, -0.05) is 12.1 Å². The molecule has 0 unspecified atom stereocenters. The molecule has 3 amide bonds. The number of urea groups is 1. The maximum absolute atomic E-state index is 11.9. The molecular weight excluding hydrogens is 359 g/mol. The summed E-state index contributed by atoms with van der Waals surface area (Å²) < 4.78 is 45.5. The lowest BCUT2D eigenvalue weighted by Crippen LogP contribution is -2.44. The van der Waals surface area contributed by atoms with Gasteiger partial charge in [-0.15, -0.1) is 0 Å². The van der Waals surface area contributed by atoms with E-state index >= 15 is 0 Å². The van der Waals surface area contributed by atoms with Gasteiger partial charge in [-0.2, -0.15) is 13.2 Å². The summed E-state index contributed by atoms with van der Waals surface area (Å²) in [5.74, 6) is -1.88. The molecule has 2 rings (SSSR count). The van der Waals surface area contributed by atoms with Gasteiger partial charge < -0.3 is 14.5 Å². The molecule has 0 saturated carbocycles. The number of fused-ring (bicyclic) bond motifs is 1. The van der Waals surface area contributed by atoms with Crippen LogP contribution in [-0.2, 0) is 14.3 Å². The van der Waals surface area contributed by atoms with Crippen molar-refractivity contribution in [2.45, 2.75) is 6.18 Å². The molecule has 0 bridgehead atoms. The lowest BCUT2D eigenvalue weighted by molar-refractivity contribution is -0.143. The first-order valence-corrected chi connectivity index (χ1v) is 7.08. The van der Waals surface area contributed by atoms with Gasteiger partial charge in [0.05, 0.1) is 0 Å². The topological polar surface area (TPSA) is 111 Å². The van der Waals surface area contributed by atoms with Gasteiger partial charge in [0.15, 0.2) is 12.2 Å². The number of carbonyl (C=O) groups excluding carboxylic acids is 3. The summed E-state index contributed by atoms with van der Waals surface area (Å²) in [6.45, 7) is -2.45. The van der Waals surface area contributed by atoms with Crippen molar-refractivity contribution < 1.29 is 36.7 Å². The van der Waals surface area contributed by atoms with Crippen molar-refractivity contribution in [3.63, 3.8) is 0 Å². The number of oxazole rings is 1. The first-order valence-electron chi connectivity index (χ1n) is 7.08. The van der Waals surface area contributed by atoms with Gasteiger partial charge in [0.1, 0.15) is 12.1 Å². The van der Waals surface area contributed by atoms with E-state index in [4.69, 9.17) is 4.42 Å². The maximum Gasteiger partial charge on any atom is 0.405 e. The van der Waals surface area contributed by atoms with Gasteiger partial charge in [0, 0.05) is 12.2 Å². The molecule has 1 heterocycles.